The van der Waals surface area contributed by atoms with Crippen molar-refractivity contribution in [2.24, 2.45) is 0 Å². The van der Waals surface area contributed by atoms with Gasteiger partial charge >= 0.3 is 17.9 Å². The average Bonchev–Trinajstić information content (AvgIpc) is 2.75. The summed E-state index contributed by atoms with van der Waals surface area (Å²) < 4.78 is 15.5. The molecule has 0 N–H and O–H groups in total. The third-order valence-corrected chi connectivity index (χ3v) is 4.28. The van der Waals surface area contributed by atoms with Crippen molar-refractivity contribution in [3.8, 4) is 0 Å². The molecule has 0 fully saturated rings. The normalized spacial score (nSPS) is 12.7. The lowest BCUT2D eigenvalue weighted by molar-refractivity contribution is -0.147. The van der Waals surface area contributed by atoms with E-state index in [1.54, 1.807) is 12.1 Å². The molecule has 6 nitrogen and oxygen atoms in total. The molecule has 1 aromatic carbocycles. The largest absolute Gasteiger partial charge is 0.458 e. The van der Waals surface area contributed by atoms with E-state index in [1.165, 1.54) is 19.4 Å². The summed E-state index contributed by atoms with van der Waals surface area (Å²) in [5, 5.41) is 0. The van der Waals surface area contributed by atoms with Crippen LogP contribution in [0.2, 0.25) is 0 Å². The van der Waals surface area contributed by atoms with E-state index >= 15 is 0 Å². The van der Waals surface area contributed by atoms with Crippen LogP contribution in [0.1, 0.15) is 42.6 Å². The molecule has 1 aliphatic carbocycles. The topological polar surface area (TPSA) is 78.9 Å². The fraction of sp³-hybridized carbons (Fsp3) is 0.292. The van der Waals surface area contributed by atoms with Crippen LogP contribution in [0.4, 0.5) is 0 Å². The molecule has 0 saturated carbocycles. The molecular weight excluding hydrogens is 384 g/mol. The molecule has 0 bridgehead atoms. The van der Waals surface area contributed by atoms with Crippen molar-refractivity contribution in [1.82, 2.24) is 0 Å². The van der Waals surface area contributed by atoms with Crippen molar-refractivity contribution in [1.29, 1.82) is 0 Å². The molecule has 158 valence electrons. The summed E-state index contributed by atoms with van der Waals surface area (Å²) in [7, 11) is 0. The van der Waals surface area contributed by atoms with Gasteiger partial charge < -0.3 is 14.2 Å². The standard InChI is InChI=1S/C24H26O6/c1-16(2)22(25)28-14-21(15-29-23(26)17(3)4)30-24(27)20-12-10-19(11-13-20)18-8-6-5-7-9-18/h5-6,8,10-13,21H,1,3,7,9,14-15H2,2,4H3. The van der Waals surface area contributed by atoms with E-state index in [0.29, 0.717) is 5.56 Å². The van der Waals surface area contributed by atoms with E-state index in [0.717, 1.165) is 18.4 Å². The van der Waals surface area contributed by atoms with Gasteiger partial charge in [-0.05, 0) is 50.0 Å². The third-order valence-electron chi connectivity index (χ3n) is 4.28. The number of esters is 3. The SMILES string of the molecule is C=C(C)C(=O)OCC(COC(=O)C(=C)C)OC(=O)c1ccc(C2=CC=CCC2)cc1. The summed E-state index contributed by atoms with van der Waals surface area (Å²) in [5.74, 6) is -1.86. The van der Waals surface area contributed by atoms with Crippen molar-refractivity contribution in [2.45, 2.75) is 32.8 Å². The first-order chi connectivity index (χ1) is 14.3. The minimum absolute atomic E-state index is 0.210. The van der Waals surface area contributed by atoms with Gasteiger partial charge in [0.2, 0.25) is 0 Å². The zero-order chi connectivity index (χ0) is 22.1. The number of benzene rings is 1. The Morgan fingerprint density at radius 1 is 0.967 bits per heavy atom. The lowest BCUT2D eigenvalue weighted by atomic mass is 9.97. The van der Waals surface area contributed by atoms with E-state index in [1.807, 2.05) is 18.2 Å². The summed E-state index contributed by atoms with van der Waals surface area (Å²) >= 11 is 0. The van der Waals surface area contributed by atoms with Crippen molar-refractivity contribution in [3.05, 3.63) is 77.9 Å². The number of carbonyl (C=O) groups excluding carboxylic acids is 3. The van der Waals surface area contributed by atoms with Crippen LogP contribution >= 0.6 is 0 Å². The van der Waals surface area contributed by atoms with Gasteiger partial charge in [0, 0.05) is 11.1 Å². The van der Waals surface area contributed by atoms with Gasteiger partial charge in [0.05, 0.1) is 5.56 Å². The van der Waals surface area contributed by atoms with Crippen LogP contribution in [-0.2, 0) is 23.8 Å². The lowest BCUT2D eigenvalue weighted by Crippen LogP contribution is -2.31. The zero-order valence-electron chi connectivity index (χ0n) is 17.3. The molecule has 0 radical (unpaired) electrons. The first-order valence-electron chi connectivity index (χ1n) is 9.60. The highest BCUT2D eigenvalue weighted by Gasteiger charge is 2.21. The van der Waals surface area contributed by atoms with Crippen molar-refractivity contribution >= 4 is 23.5 Å². The summed E-state index contributed by atoms with van der Waals surface area (Å²) in [4.78, 5) is 35.8. The predicted molar refractivity (Wildman–Crippen MR) is 114 cm³/mol. The monoisotopic (exact) mass is 410 g/mol. The maximum Gasteiger partial charge on any atom is 0.338 e. The number of hydrogen-bond acceptors (Lipinski definition) is 6. The molecule has 1 aromatic rings. The first kappa shape index (κ1) is 22.9. The fourth-order valence-corrected chi connectivity index (χ4v) is 2.58. The van der Waals surface area contributed by atoms with Gasteiger partial charge in [-0.2, -0.15) is 0 Å². The van der Waals surface area contributed by atoms with Crippen LogP contribution in [0.5, 0.6) is 0 Å². The molecule has 0 heterocycles. The molecule has 0 atom stereocenters. The Morgan fingerprint density at radius 2 is 1.53 bits per heavy atom. The van der Waals surface area contributed by atoms with Gasteiger partial charge in [-0.25, -0.2) is 14.4 Å². The van der Waals surface area contributed by atoms with E-state index in [4.69, 9.17) is 14.2 Å². The molecule has 0 amide bonds. The molecule has 2 rings (SSSR count). The van der Waals surface area contributed by atoms with Gasteiger partial charge in [0.1, 0.15) is 13.2 Å². The molecule has 0 unspecified atom stereocenters. The maximum absolute atomic E-state index is 12.5. The second-order valence-electron chi connectivity index (χ2n) is 7.02. The average molecular weight is 410 g/mol. The minimum atomic E-state index is -0.963. The number of allylic oxidation sites excluding steroid dienone is 4. The summed E-state index contributed by atoms with van der Waals surface area (Å²) in [5.41, 5.74) is 3.00. The van der Waals surface area contributed by atoms with Crippen molar-refractivity contribution in [3.63, 3.8) is 0 Å². The van der Waals surface area contributed by atoms with Gasteiger partial charge in [0.15, 0.2) is 6.10 Å². The molecule has 0 saturated heterocycles. The Morgan fingerprint density at radius 3 is 2.00 bits per heavy atom. The Bertz CT molecular complexity index is 859. The molecular formula is C24H26O6. The van der Waals surface area contributed by atoms with E-state index < -0.39 is 24.0 Å². The summed E-state index contributed by atoms with van der Waals surface area (Å²) in [6, 6.07) is 7.07. The predicted octanol–water partition coefficient (Wildman–Crippen LogP) is 4.18. The molecule has 0 aromatic heterocycles. The van der Waals surface area contributed by atoms with Crippen LogP contribution < -0.4 is 0 Å². The lowest BCUT2D eigenvalue weighted by Gasteiger charge is -2.18. The van der Waals surface area contributed by atoms with E-state index in [-0.39, 0.29) is 24.4 Å². The maximum atomic E-state index is 12.5. The highest BCUT2D eigenvalue weighted by atomic mass is 16.6. The number of hydrogen-bond donors (Lipinski definition) is 0. The minimum Gasteiger partial charge on any atom is -0.458 e. The molecule has 30 heavy (non-hydrogen) atoms. The van der Waals surface area contributed by atoms with E-state index in [2.05, 4.69) is 25.3 Å². The molecule has 0 spiro atoms. The second-order valence-corrected chi connectivity index (χ2v) is 7.02. The van der Waals surface area contributed by atoms with Crippen LogP contribution in [0.3, 0.4) is 0 Å². The number of ether oxygens (including phenoxy) is 3. The van der Waals surface area contributed by atoms with Gasteiger partial charge in [0.25, 0.3) is 0 Å². The number of rotatable bonds is 9. The molecule has 6 heteroatoms. The summed E-state index contributed by atoms with van der Waals surface area (Å²) in [6.45, 7) is 9.47. The van der Waals surface area contributed by atoms with Crippen LogP contribution in [0, 0.1) is 0 Å². The van der Waals surface area contributed by atoms with Crippen LogP contribution in [-0.4, -0.2) is 37.2 Å². The van der Waals surface area contributed by atoms with Crippen molar-refractivity contribution < 1.29 is 28.6 Å². The van der Waals surface area contributed by atoms with Gasteiger partial charge in [-0.15, -0.1) is 0 Å². The zero-order valence-corrected chi connectivity index (χ0v) is 17.3. The molecule has 0 aliphatic heterocycles. The Labute approximate surface area is 176 Å². The van der Waals surface area contributed by atoms with Gasteiger partial charge in [-0.3, -0.25) is 0 Å². The Hall–Kier alpha value is -3.41. The quantitative estimate of drug-likeness (QED) is 0.345. The van der Waals surface area contributed by atoms with Crippen LogP contribution in [0.15, 0.2) is 66.8 Å². The number of carbonyl (C=O) groups is 3. The second kappa shape index (κ2) is 11.0. The smallest absolute Gasteiger partial charge is 0.338 e. The highest BCUT2D eigenvalue weighted by molar-refractivity contribution is 5.90. The highest BCUT2D eigenvalue weighted by Crippen LogP contribution is 2.23. The Kier molecular flexibility index (Phi) is 8.35. The summed E-state index contributed by atoms with van der Waals surface area (Å²) in [6.07, 6.45) is 7.16. The fourth-order valence-electron chi connectivity index (χ4n) is 2.58. The Balaban J connectivity index is 2.03. The van der Waals surface area contributed by atoms with Crippen molar-refractivity contribution in [2.75, 3.05) is 13.2 Å². The molecule has 1 aliphatic rings. The van der Waals surface area contributed by atoms with E-state index in [9.17, 15) is 14.4 Å². The third kappa shape index (κ3) is 6.88. The first-order valence-corrected chi connectivity index (χ1v) is 9.60. The van der Waals surface area contributed by atoms with Gasteiger partial charge in [-0.1, -0.05) is 43.5 Å². The van der Waals surface area contributed by atoms with Crippen LogP contribution in [0.25, 0.3) is 5.57 Å².